The number of piperazine rings is 1. The fraction of sp³-hybridized carbons (Fsp3) is 0.529. The Balaban J connectivity index is 1.87. The van der Waals surface area contributed by atoms with Crippen molar-refractivity contribution in [3.8, 4) is 0 Å². The number of aliphatic hydroxyl groups excluding tert-OH is 1. The van der Waals surface area contributed by atoms with E-state index in [0.29, 0.717) is 12.6 Å². The lowest BCUT2D eigenvalue weighted by Gasteiger charge is -2.40. The van der Waals surface area contributed by atoms with E-state index in [1.807, 2.05) is 30.3 Å². The van der Waals surface area contributed by atoms with Gasteiger partial charge in [-0.05, 0) is 19.4 Å². The van der Waals surface area contributed by atoms with Crippen molar-refractivity contribution in [1.29, 1.82) is 0 Å². The maximum Gasteiger partial charge on any atom is 0.0917 e. The summed E-state index contributed by atoms with van der Waals surface area (Å²) in [5.41, 5.74) is 2.22. The molecule has 2 atom stereocenters. The third kappa shape index (κ3) is 4.17. The first-order chi connectivity index (χ1) is 9.56. The minimum Gasteiger partial charge on any atom is -0.387 e. The van der Waals surface area contributed by atoms with Crippen molar-refractivity contribution in [2.24, 2.45) is 0 Å². The quantitative estimate of drug-likeness (QED) is 0.835. The molecule has 110 valence electrons. The van der Waals surface area contributed by atoms with Crippen LogP contribution in [0.25, 0.3) is 0 Å². The van der Waals surface area contributed by atoms with Gasteiger partial charge in [-0.15, -0.1) is 0 Å². The molecule has 3 nitrogen and oxygen atoms in total. The summed E-state index contributed by atoms with van der Waals surface area (Å²) in [6.45, 7) is 13.1. The SMILES string of the molecule is C=C(C)CN1CCN(C[C@H](O)c2ccccc2)[C@H](C)C1. The Morgan fingerprint density at radius 1 is 1.35 bits per heavy atom. The highest BCUT2D eigenvalue weighted by atomic mass is 16.3. The average Bonchev–Trinajstić information content (AvgIpc) is 2.42. The van der Waals surface area contributed by atoms with Gasteiger partial charge in [-0.3, -0.25) is 9.80 Å². The second kappa shape index (κ2) is 7.02. The van der Waals surface area contributed by atoms with Gasteiger partial charge in [-0.25, -0.2) is 0 Å². The van der Waals surface area contributed by atoms with Gasteiger partial charge in [0.1, 0.15) is 0 Å². The number of aliphatic hydroxyl groups is 1. The zero-order valence-electron chi connectivity index (χ0n) is 12.6. The zero-order chi connectivity index (χ0) is 14.5. The number of nitrogens with zero attached hydrogens (tertiary/aromatic N) is 2. The number of β-amino-alcohol motifs (C(OH)–C–C–N with tert-alkyl or cyclic N) is 1. The molecule has 0 amide bonds. The standard InChI is InChI=1S/C17H26N2O/c1-14(2)11-18-9-10-19(15(3)12-18)13-17(20)16-7-5-4-6-8-16/h4-8,15,17,20H,1,9-13H2,2-3H3/t15-,17+/m1/s1. The monoisotopic (exact) mass is 274 g/mol. The summed E-state index contributed by atoms with van der Waals surface area (Å²) in [5.74, 6) is 0. The van der Waals surface area contributed by atoms with Crippen molar-refractivity contribution in [2.45, 2.75) is 26.0 Å². The van der Waals surface area contributed by atoms with E-state index >= 15 is 0 Å². The smallest absolute Gasteiger partial charge is 0.0917 e. The second-order valence-electron chi connectivity index (χ2n) is 5.96. The van der Waals surface area contributed by atoms with Gasteiger partial charge in [0, 0.05) is 38.8 Å². The van der Waals surface area contributed by atoms with E-state index in [1.165, 1.54) is 5.57 Å². The van der Waals surface area contributed by atoms with Crippen LogP contribution < -0.4 is 0 Å². The first-order valence-corrected chi connectivity index (χ1v) is 7.40. The largest absolute Gasteiger partial charge is 0.387 e. The van der Waals surface area contributed by atoms with Crippen molar-refractivity contribution in [3.05, 3.63) is 48.0 Å². The van der Waals surface area contributed by atoms with Crippen molar-refractivity contribution in [3.63, 3.8) is 0 Å². The number of hydrogen-bond donors (Lipinski definition) is 1. The lowest BCUT2D eigenvalue weighted by Crippen LogP contribution is -2.53. The summed E-state index contributed by atoms with van der Waals surface area (Å²) in [4.78, 5) is 4.82. The van der Waals surface area contributed by atoms with Crippen LogP contribution in [-0.2, 0) is 0 Å². The molecule has 1 aromatic carbocycles. The van der Waals surface area contributed by atoms with E-state index in [-0.39, 0.29) is 0 Å². The molecule has 3 heteroatoms. The fourth-order valence-electron chi connectivity index (χ4n) is 2.87. The summed E-state index contributed by atoms with van der Waals surface area (Å²) in [6, 6.07) is 10.4. The third-order valence-corrected chi connectivity index (χ3v) is 3.93. The molecule has 0 bridgehead atoms. The predicted molar refractivity (Wildman–Crippen MR) is 83.7 cm³/mol. The summed E-state index contributed by atoms with van der Waals surface area (Å²) >= 11 is 0. The molecular weight excluding hydrogens is 248 g/mol. The van der Waals surface area contributed by atoms with Crippen LogP contribution in [0.15, 0.2) is 42.5 Å². The molecule has 0 aromatic heterocycles. The van der Waals surface area contributed by atoms with E-state index in [9.17, 15) is 5.11 Å². The van der Waals surface area contributed by atoms with E-state index in [0.717, 1.165) is 31.7 Å². The molecule has 0 radical (unpaired) electrons. The molecule has 0 unspecified atom stereocenters. The second-order valence-corrected chi connectivity index (χ2v) is 5.96. The lowest BCUT2D eigenvalue weighted by atomic mass is 10.1. The summed E-state index contributed by atoms with van der Waals surface area (Å²) < 4.78 is 0. The van der Waals surface area contributed by atoms with Crippen LogP contribution in [0, 0.1) is 0 Å². The first kappa shape index (κ1) is 15.2. The van der Waals surface area contributed by atoms with Gasteiger partial charge in [0.05, 0.1) is 6.10 Å². The highest BCUT2D eigenvalue weighted by Crippen LogP contribution is 2.18. The Labute approximate surface area is 122 Å². The summed E-state index contributed by atoms with van der Waals surface area (Å²) in [7, 11) is 0. The predicted octanol–water partition coefficient (Wildman–Crippen LogP) is 2.30. The van der Waals surface area contributed by atoms with Gasteiger partial charge in [0.15, 0.2) is 0 Å². The van der Waals surface area contributed by atoms with E-state index in [4.69, 9.17) is 0 Å². The molecule has 1 aliphatic rings. The van der Waals surface area contributed by atoms with E-state index < -0.39 is 6.10 Å². The van der Waals surface area contributed by atoms with Gasteiger partial charge in [-0.1, -0.05) is 42.5 Å². The molecule has 1 N–H and O–H groups in total. The Morgan fingerprint density at radius 3 is 2.65 bits per heavy atom. The minimum absolute atomic E-state index is 0.397. The first-order valence-electron chi connectivity index (χ1n) is 7.40. The molecule has 1 aromatic rings. The summed E-state index contributed by atoms with van der Waals surface area (Å²) in [5, 5.41) is 10.3. The Bertz CT molecular complexity index is 432. The Kier molecular flexibility index (Phi) is 5.35. The topological polar surface area (TPSA) is 26.7 Å². The summed E-state index contributed by atoms with van der Waals surface area (Å²) in [6.07, 6.45) is -0.397. The van der Waals surface area contributed by atoms with E-state index in [2.05, 4.69) is 30.2 Å². The molecule has 0 aliphatic carbocycles. The number of rotatable bonds is 5. The molecular formula is C17H26N2O. The molecule has 1 heterocycles. The van der Waals surface area contributed by atoms with Crippen LogP contribution >= 0.6 is 0 Å². The Morgan fingerprint density at radius 2 is 2.05 bits per heavy atom. The van der Waals surface area contributed by atoms with Crippen LogP contribution in [0.4, 0.5) is 0 Å². The maximum absolute atomic E-state index is 10.3. The lowest BCUT2D eigenvalue weighted by molar-refractivity contribution is 0.0420. The molecule has 0 spiro atoms. The van der Waals surface area contributed by atoms with Crippen LogP contribution in [0.1, 0.15) is 25.5 Å². The van der Waals surface area contributed by atoms with Gasteiger partial charge in [0.2, 0.25) is 0 Å². The highest BCUT2D eigenvalue weighted by molar-refractivity contribution is 5.17. The van der Waals surface area contributed by atoms with Crippen LogP contribution in [0.3, 0.4) is 0 Å². The van der Waals surface area contributed by atoms with Crippen molar-refractivity contribution >= 4 is 0 Å². The average molecular weight is 274 g/mol. The van der Waals surface area contributed by atoms with Crippen molar-refractivity contribution < 1.29 is 5.11 Å². The maximum atomic E-state index is 10.3. The van der Waals surface area contributed by atoms with Crippen LogP contribution in [0.2, 0.25) is 0 Å². The van der Waals surface area contributed by atoms with Gasteiger partial charge >= 0.3 is 0 Å². The van der Waals surface area contributed by atoms with Gasteiger partial charge in [0.25, 0.3) is 0 Å². The molecule has 20 heavy (non-hydrogen) atoms. The van der Waals surface area contributed by atoms with Gasteiger partial charge < -0.3 is 5.11 Å². The normalized spacial score (nSPS) is 22.6. The minimum atomic E-state index is -0.397. The highest BCUT2D eigenvalue weighted by Gasteiger charge is 2.25. The van der Waals surface area contributed by atoms with Gasteiger partial charge in [-0.2, -0.15) is 0 Å². The van der Waals surface area contributed by atoms with E-state index in [1.54, 1.807) is 0 Å². The number of benzene rings is 1. The fourth-order valence-corrected chi connectivity index (χ4v) is 2.87. The Hall–Kier alpha value is -1.16. The van der Waals surface area contributed by atoms with Crippen molar-refractivity contribution in [1.82, 2.24) is 9.80 Å². The molecule has 1 fully saturated rings. The zero-order valence-corrected chi connectivity index (χ0v) is 12.6. The number of hydrogen-bond acceptors (Lipinski definition) is 3. The molecule has 0 saturated carbocycles. The third-order valence-electron chi connectivity index (χ3n) is 3.93. The van der Waals surface area contributed by atoms with Crippen LogP contribution in [0.5, 0.6) is 0 Å². The molecule has 1 saturated heterocycles. The molecule has 1 aliphatic heterocycles. The molecule has 2 rings (SSSR count). The van der Waals surface area contributed by atoms with Crippen molar-refractivity contribution in [2.75, 3.05) is 32.7 Å². The van der Waals surface area contributed by atoms with Crippen LogP contribution in [-0.4, -0.2) is 53.7 Å².